The van der Waals surface area contributed by atoms with Gasteiger partial charge in [0.1, 0.15) is 5.75 Å². The van der Waals surface area contributed by atoms with E-state index < -0.39 is 6.16 Å². The van der Waals surface area contributed by atoms with Gasteiger partial charge in [0.15, 0.2) is 0 Å². The maximum Gasteiger partial charge on any atom is 0.513 e. The van der Waals surface area contributed by atoms with Crippen molar-refractivity contribution >= 4 is 56.7 Å². The molecule has 0 aromatic heterocycles. The van der Waals surface area contributed by atoms with E-state index in [1.165, 1.54) is 0 Å². The number of fused-ring (bicyclic) bond motifs is 1. The molecule has 0 atom stereocenters. The maximum atomic E-state index is 11.8. The highest BCUT2D eigenvalue weighted by molar-refractivity contribution is 5.99. The molecule has 0 aliphatic carbocycles. The number of nitrogens with one attached hydrogen (secondary N) is 1. The van der Waals surface area contributed by atoms with Crippen molar-refractivity contribution in [2.75, 3.05) is 19.0 Å². The Morgan fingerprint density at radius 1 is 0.614 bits per heavy atom. The van der Waals surface area contributed by atoms with E-state index in [1.54, 1.807) is 24.3 Å². The van der Waals surface area contributed by atoms with Crippen LogP contribution < -0.4 is 10.1 Å². The summed E-state index contributed by atoms with van der Waals surface area (Å²) in [5.74, 6) is 0.375. The Labute approximate surface area is 255 Å². The minimum atomic E-state index is -0.720. The van der Waals surface area contributed by atoms with Crippen molar-refractivity contribution in [2.45, 2.75) is 19.8 Å². The Hall–Kier alpha value is -5.77. The molecule has 0 spiro atoms. The van der Waals surface area contributed by atoms with Gasteiger partial charge in [-0.3, -0.25) is 0 Å². The lowest BCUT2D eigenvalue weighted by atomic mass is 10.1. The number of hydrogen-bond donors (Lipinski definition) is 1. The number of anilines is 1. The summed E-state index contributed by atoms with van der Waals surface area (Å²) in [6.45, 7) is 2.36. The first-order chi connectivity index (χ1) is 21.6. The molecule has 44 heavy (non-hydrogen) atoms. The average molecular weight is 586 g/mol. The molecule has 1 N–H and O–H groups in total. The van der Waals surface area contributed by atoms with Gasteiger partial charge in [-0.05, 0) is 91.3 Å². The number of hydrogen-bond acceptors (Lipinski definition) is 10. The predicted molar refractivity (Wildman–Crippen MR) is 172 cm³/mol. The minimum absolute atomic E-state index is 0.338. The lowest BCUT2D eigenvalue weighted by Crippen LogP contribution is -2.11. The second kappa shape index (κ2) is 14.9. The Morgan fingerprint density at radius 2 is 1.07 bits per heavy atom. The van der Waals surface area contributed by atoms with Crippen LogP contribution in [0.5, 0.6) is 5.75 Å². The highest BCUT2D eigenvalue weighted by atomic mass is 16.7. The van der Waals surface area contributed by atoms with Gasteiger partial charge in [-0.15, -0.1) is 10.2 Å². The summed E-state index contributed by atoms with van der Waals surface area (Å²) in [5, 5.41) is 31.2. The molecule has 5 rings (SSSR count). The van der Waals surface area contributed by atoms with E-state index in [0.29, 0.717) is 40.8 Å². The first kappa shape index (κ1) is 29.7. The zero-order valence-electron chi connectivity index (χ0n) is 24.4. The molecule has 220 valence electrons. The summed E-state index contributed by atoms with van der Waals surface area (Å²) in [6, 6.07) is 33.4. The van der Waals surface area contributed by atoms with Crippen LogP contribution in [0.3, 0.4) is 0 Å². The van der Waals surface area contributed by atoms with E-state index in [1.807, 2.05) is 98.9 Å². The molecule has 0 fully saturated rings. The Kier molecular flexibility index (Phi) is 10.1. The van der Waals surface area contributed by atoms with E-state index in [0.717, 1.165) is 35.0 Å². The number of nitrogens with zero attached hydrogens (tertiary/aromatic N) is 6. The molecule has 0 heterocycles. The zero-order chi connectivity index (χ0) is 30.6. The van der Waals surface area contributed by atoms with E-state index in [2.05, 4.69) is 36.0 Å². The van der Waals surface area contributed by atoms with Crippen LogP contribution in [0.2, 0.25) is 0 Å². The molecular weight excluding hydrogens is 554 g/mol. The number of azo groups is 3. The van der Waals surface area contributed by atoms with Crippen LogP contribution in [0.25, 0.3) is 10.8 Å². The minimum Gasteiger partial charge on any atom is -0.434 e. The molecule has 0 saturated heterocycles. The molecule has 5 aromatic carbocycles. The van der Waals surface area contributed by atoms with E-state index >= 15 is 0 Å². The van der Waals surface area contributed by atoms with E-state index in [9.17, 15) is 4.79 Å². The third-order valence-electron chi connectivity index (χ3n) is 6.47. The SMILES string of the molecule is CCCCOC(=O)Oc1ccc(/N=N/c2ccc(/N=N/c3ccc(/N=N/c4ccc(NC)cc4)cc3)c3ccccc23)cc1. The number of rotatable bonds is 11. The summed E-state index contributed by atoms with van der Waals surface area (Å²) in [4.78, 5) is 11.8. The first-order valence-electron chi connectivity index (χ1n) is 14.2. The van der Waals surface area contributed by atoms with Crippen LogP contribution in [-0.2, 0) is 4.74 Å². The monoisotopic (exact) mass is 585 g/mol. The first-order valence-corrected chi connectivity index (χ1v) is 14.2. The second-order valence-corrected chi connectivity index (χ2v) is 9.61. The van der Waals surface area contributed by atoms with E-state index in [4.69, 9.17) is 9.47 Å². The lowest BCUT2D eigenvalue weighted by Gasteiger charge is -2.05. The standard InChI is InChI=1S/C34H31N7O3/c1-3-4-23-43-34(42)44-29-19-17-28(18-20-29)39-41-33-22-21-32(30-7-5-6-8-31(30)33)40-38-27-15-13-26(14-16-27)37-36-25-11-9-24(35-2)10-12-25/h5-22,35H,3-4,23H2,1-2H3/b37-36+,40-38+,41-39+. The summed E-state index contributed by atoms with van der Waals surface area (Å²) in [5.41, 5.74) is 5.20. The highest BCUT2D eigenvalue weighted by Gasteiger charge is 2.07. The van der Waals surface area contributed by atoms with Gasteiger partial charge < -0.3 is 14.8 Å². The number of carbonyl (C=O) groups excluding carboxylic acids is 1. The molecule has 0 aliphatic heterocycles. The van der Waals surface area contributed by atoms with Crippen LogP contribution in [0, 0.1) is 0 Å². The average Bonchev–Trinajstić information content (AvgIpc) is 3.07. The quantitative estimate of drug-likeness (QED) is 0.0716. The predicted octanol–water partition coefficient (Wildman–Crippen LogP) is 11.4. The van der Waals surface area contributed by atoms with Crippen molar-refractivity contribution in [3.8, 4) is 5.75 Å². The summed E-state index contributed by atoms with van der Waals surface area (Å²) in [6.07, 6.45) is 1.01. The molecule has 10 nitrogen and oxygen atoms in total. The van der Waals surface area contributed by atoms with Crippen LogP contribution in [-0.4, -0.2) is 19.8 Å². The molecule has 0 radical (unpaired) electrons. The molecule has 5 aromatic rings. The van der Waals surface area contributed by atoms with Crippen molar-refractivity contribution < 1.29 is 14.3 Å². The summed E-state index contributed by atoms with van der Waals surface area (Å²) in [7, 11) is 1.87. The van der Waals surface area contributed by atoms with Gasteiger partial charge in [-0.1, -0.05) is 37.6 Å². The van der Waals surface area contributed by atoms with Crippen molar-refractivity contribution in [1.82, 2.24) is 0 Å². The van der Waals surface area contributed by atoms with Gasteiger partial charge in [0, 0.05) is 23.5 Å². The molecular formula is C34H31N7O3. The van der Waals surface area contributed by atoms with E-state index in [-0.39, 0.29) is 0 Å². The largest absolute Gasteiger partial charge is 0.513 e. The highest BCUT2D eigenvalue weighted by Crippen LogP contribution is 2.35. The van der Waals surface area contributed by atoms with Gasteiger partial charge in [-0.2, -0.15) is 20.5 Å². The lowest BCUT2D eigenvalue weighted by molar-refractivity contribution is 0.0978. The second-order valence-electron chi connectivity index (χ2n) is 9.61. The number of carbonyl (C=O) groups is 1. The molecule has 0 amide bonds. The third-order valence-corrected chi connectivity index (χ3v) is 6.47. The summed E-state index contributed by atoms with van der Waals surface area (Å²) < 4.78 is 10.2. The summed E-state index contributed by atoms with van der Waals surface area (Å²) >= 11 is 0. The van der Waals surface area contributed by atoms with Gasteiger partial charge in [0.05, 0.1) is 40.7 Å². The van der Waals surface area contributed by atoms with Crippen LogP contribution in [0.15, 0.2) is 140 Å². The van der Waals surface area contributed by atoms with Crippen molar-refractivity contribution in [3.63, 3.8) is 0 Å². The fraction of sp³-hybridized carbons (Fsp3) is 0.147. The fourth-order valence-electron chi connectivity index (χ4n) is 4.07. The number of ether oxygens (including phenoxy) is 2. The maximum absolute atomic E-state index is 11.8. The van der Waals surface area contributed by atoms with Gasteiger partial charge in [0.25, 0.3) is 0 Å². The molecule has 0 bridgehead atoms. The fourth-order valence-corrected chi connectivity index (χ4v) is 4.07. The Bertz CT molecular complexity index is 1780. The molecule has 0 unspecified atom stereocenters. The topological polar surface area (TPSA) is 122 Å². The van der Waals surface area contributed by atoms with Gasteiger partial charge in [-0.25, -0.2) is 4.79 Å². The van der Waals surface area contributed by atoms with Crippen molar-refractivity contribution in [2.24, 2.45) is 30.7 Å². The van der Waals surface area contributed by atoms with Crippen LogP contribution in [0.4, 0.5) is 44.6 Å². The normalized spacial score (nSPS) is 11.5. The Morgan fingerprint density at radius 3 is 1.55 bits per heavy atom. The van der Waals surface area contributed by atoms with Crippen molar-refractivity contribution in [3.05, 3.63) is 109 Å². The van der Waals surface area contributed by atoms with Crippen LogP contribution in [0.1, 0.15) is 19.8 Å². The molecule has 0 aliphatic rings. The number of unbranched alkanes of at least 4 members (excludes halogenated alkanes) is 1. The zero-order valence-corrected chi connectivity index (χ0v) is 24.4. The Balaban J connectivity index is 1.24. The van der Waals surface area contributed by atoms with Gasteiger partial charge in [0.2, 0.25) is 0 Å². The molecule has 0 saturated carbocycles. The smallest absolute Gasteiger partial charge is 0.434 e. The van der Waals surface area contributed by atoms with Crippen molar-refractivity contribution in [1.29, 1.82) is 0 Å². The van der Waals surface area contributed by atoms with Crippen LogP contribution >= 0.6 is 0 Å². The third kappa shape index (κ3) is 8.16. The number of benzene rings is 5. The van der Waals surface area contributed by atoms with Gasteiger partial charge >= 0.3 is 6.16 Å². The molecule has 10 heteroatoms.